The first-order valence-electron chi connectivity index (χ1n) is 24.5. The number of phosphoric acid groups is 2. The van der Waals surface area contributed by atoms with Crippen molar-refractivity contribution in [1.29, 1.82) is 0 Å². The summed E-state index contributed by atoms with van der Waals surface area (Å²) in [7, 11) is -10.9. The Hall–Kier alpha value is -3.61. The first kappa shape index (κ1) is 61.5. The van der Waals surface area contributed by atoms with Crippen LogP contribution in [0.1, 0.15) is 162 Å². The van der Waals surface area contributed by atoms with Crippen LogP contribution in [0, 0.1) is 5.92 Å². The molecule has 0 aromatic carbocycles. The van der Waals surface area contributed by atoms with Gasteiger partial charge in [-0.1, -0.05) is 140 Å². The van der Waals surface area contributed by atoms with Crippen molar-refractivity contribution >= 4 is 39.2 Å². The van der Waals surface area contributed by atoms with E-state index in [2.05, 4.69) is 30.1 Å². The third-order valence-corrected chi connectivity index (χ3v) is 13.4. The molecule has 69 heavy (non-hydrogen) atoms. The summed E-state index contributed by atoms with van der Waals surface area (Å²) >= 11 is 0. The van der Waals surface area contributed by atoms with Crippen molar-refractivity contribution in [3.8, 4) is 0 Å². The molecule has 2 heterocycles. The predicted molar refractivity (Wildman–Crippen MR) is 261 cm³/mol. The second-order valence-electron chi connectivity index (χ2n) is 17.5. The number of rotatable bonds is 39. The van der Waals surface area contributed by atoms with E-state index in [1.54, 1.807) is 12.2 Å². The SMILES string of the molecule is CCCCCC(=O)/C=C/C=C\C/C=C\C/C=C\CCCC(=O)O[C@H](COC(=O)CCCCCCCCCCCCC(C)C)COP(=O)(O)OP(=O)(O)OC[C@H]1O[C@@H](n2ccc(N)nc2=O)[C@H](O)[C@@H]1O. The quantitative estimate of drug-likeness (QED) is 0.0103. The van der Waals surface area contributed by atoms with E-state index in [9.17, 15) is 48.3 Å². The van der Waals surface area contributed by atoms with Gasteiger partial charge in [-0.15, -0.1) is 0 Å². The summed E-state index contributed by atoms with van der Waals surface area (Å²) in [4.78, 5) is 73.6. The first-order valence-corrected chi connectivity index (χ1v) is 27.5. The monoisotopic (exact) mass is 1020 g/mol. The summed E-state index contributed by atoms with van der Waals surface area (Å²) in [6.45, 7) is 4.20. The van der Waals surface area contributed by atoms with E-state index in [0.29, 0.717) is 38.5 Å². The summed E-state index contributed by atoms with van der Waals surface area (Å²) in [5, 5.41) is 20.9. The Morgan fingerprint density at radius 2 is 1.39 bits per heavy atom. The van der Waals surface area contributed by atoms with Crippen molar-refractivity contribution in [2.75, 3.05) is 25.6 Å². The minimum atomic E-state index is -5.45. The number of nitrogens with two attached hydrogens (primary N) is 1. The topological polar surface area (TPSA) is 283 Å². The van der Waals surface area contributed by atoms with Gasteiger partial charge in [-0.2, -0.15) is 9.29 Å². The number of carbonyl (C=O) groups is 3. The van der Waals surface area contributed by atoms with Crippen LogP contribution in [0.2, 0.25) is 0 Å². The van der Waals surface area contributed by atoms with Gasteiger partial charge in [0, 0.05) is 25.5 Å². The summed E-state index contributed by atoms with van der Waals surface area (Å²) in [5.74, 6) is -0.533. The molecule has 2 rings (SSSR count). The van der Waals surface area contributed by atoms with Crippen LogP contribution >= 0.6 is 15.6 Å². The van der Waals surface area contributed by atoms with Gasteiger partial charge in [0.25, 0.3) is 0 Å². The average molecular weight is 1020 g/mol. The maximum atomic E-state index is 12.8. The fourth-order valence-electron chi connectivity index (χ4n) is 6.97. The highest BCUT2D eigenvalue weighted by atomic mass is 31.3. The van der Waals surface area contributed by atoms with Crippen molar-refractivity contribution in [3.05, 3.63) is 71.4 Å². The molecule has 1 aromatic rings. The van der Waals surface area contributed by atoms with Crippen molar-refractivity contribution in [1.82, 2.24) is 9.55 Å². The van der Waals surface area contributed by atoms with Crippen LogP contribution in [0.25, 0.3) is 0 Å². The zero-order chi connectivity index (χ0) is 50.9. The minimum absolute atomic E-state index is 0.0523. The molecule has 7 atom stereocenters. The van der Waals surface area contributed by atoms with E-state index >= 15 is 0 Å². The average Bonchev–Trinajstić information content (AvgIpc) is 3.56. The van der Waals surface area contributed by atoms with Crippen LogP contribution in [-0.2, 0) is 51.1 Å². The highest BCUT2D eigenvalue weighted by molar-refractivity contribution is 7.61. The van der Waals surface area contributed by atoms with E-state index in [1.165, 1.54) is 44.6 Å². The minimum Gasteiger partial charge on any atom is -0.462 e. The number of aromatic nitrogens is 2. The maximum Gasteiger partial charge on any atom is 0.481 e. The van der Waals surface area contributed by atoms with Crippen molar-refractivity contribution in [3.63, 3.8) is 0 Å². The summed E-state index contributed by atoms with van der Waals surface area (Å²) in [6, 6.07) is 1.24. The molecule has 19 nitrogen and oxygen atoms in total. The van der Waals surface area contributed by atoms with Crippen molar-refractivity contribution in [2.45, 2.75) is 186 Å². The highest BCUT2D eigenvalue weighted by Crippen LogP contribution is 2.60. The van der Waals surface area contributed by atoms with E-state index in [4.69, 9.17) is 29.0 Å². The largest absolute Gasteiger partial charge is 0.481 e. The molecule has 0 amide bonds. The zero-order valence-electron chi connectivity index (χ0n) is 40.8. The van der Waals surface area contributed by atoms with Crippen LogP contribution in [0.3, 0.4) is 0 Å². The molecule has 0 bridgehead atoms. The van der Waals surface area contributed by atoms with Gasteiger partial charge in [-0.25, -0.2) is 13.9 Å². The Morgan fingerprint density at radius 3 is 2.06 bits per heavy atom. The fraction of sp³-hybridized carbons (Fsp3) is 0.688. The summed E-state index contributed by atoms with van der Waals surface area (Å²) in [5.41, 5.74) is 4.57. The smallest absolute Gasteiger partial charge is 0.462 e. The molecule has 6 N–H and O–H groups in total. The number of hydrogen-bond donors (Lipinski definition) is 5. The number of aliphatic hydroxyl groups excluding tert-OH is 2. The van der Waals surface area contributed by atoms with Gasteiger partial charge in [0.1, 0.15) is 30.7 Å². The van der Waals surface area contributed by atoms with E-state index < -0.39 is 83.7 Å². The van der Waals surface area contributed by atoms with Crippen molar-refractivity contribution in [2.24, 2.45) is 5.92 Å². The Morgan fingerprint density at radius 1 is 0.783 bits per heavy atom. The summed E-state index contributed by atoms with van der Waals surface area (Å²) < 4.78 is 56.6. The molecule has 1 aliphatic heterocycles. The lowest BCUT2D eigenvalue weighted by Crippen LogP contribution is -2.36. The van der Waals surface area contributed by atoms with Gasteiger partial charge >= 0.3 is 33.3 Å². The van der Waals surface area contributed by atoms with E-state index in [-0.39, 0.29) is 24.4 Å². The number of phosphoric ester groups is 2. The van der Waals surface area contributed by atoms with Crippen LogP contribution in [0.5, 0.6) is 0 Å². The number of anilines is 1. The van der Waals surface area contributed by atoms with Crippen LogP contribution in [0.15, 0.2) is 65.7 Å². The molecule has 21 heteroatoms. The third kappa shape index (κ3) is 29.4. The van der Waals surface area contributed by atoms with Gasteiger partial charge in [0.15, 0.2) is 18.1 Å². The molecule has 1 saturated heterocycles. The number of carbonyl (C=O) groups excluding carboxylic acids is 3. The van der Waals surface area contributed by atoms with Crippen LogP contribution in [0.4, 0.5) is 5.82 Å². The normalized spacial score (nSPS) is 19.8. The molecule has 392 valence electrons. The second kappa shape index (κ2) is 35.5. The number of ether oxygens (including phenoxy) is 3. The maximum absolute atomic E-state index is 12.8. The van der Waals surface area contributed by atoms with Crippen LogP contribution in [-0.4, -0.2) is 91.5 Å². The number of aliphatic hydroxyl groups is 2. The van der Waals surface area contributed by atoms with Gasteiger partial charge in [-0.3, -0.25) is 28.0 Å². The molecular weight excluding hydrogens is 936 g/mol. The second-order valence-corrected chi connectivity index (χ2v) is 20.5. The highest BCUT2D eigenvalue weighted by Gasteiger charge is 2.46. The fourth-order valence-corrected chi connectivity index (χ4v) is 9.08. The van der Waals surface area contributed by atoms with Gasteiger partial charge < -0.3 is 39.9 Å². The number of hydrogen-bond acceptors (Lipinski definition) is 16. The zero-order valence-corrected chi connectivity index (χ0v) is 42.6. The molecule has 1 aromatic heterocycles. The molecule has 0 radical (unpaired) electrons. The lowest BCUT2D eigenvalue weighted by atomic mass is 10.0. The van der Waals surface area contributed by atoms with Gasteiger partial charge in [0.05, 0.1) is 13.2 Å². The number of nitrogen functional groups attached to an aromatic ring is 1. The molecule has 2 unspecified atom stereocenters. The van der Waals surface area contributed by atoms with Crippen molar-refractivity contribution < 1.29 is 71.1 Å². The first-order chi connectivity index (χ1) is 32.9. The summed E-state index contributed by atoms with van der Waals surface area (Å²) in [6.07, 6.45) is 26.3. The molecule has 1 aliphatic rings. The number of ketones is 1. The van der Waals surface area contributed by atoms with Gasteiger partial charge in [0.2, 0.25) is 0 Å². The Kier molecular flexibility index (Phi) is 31.6. The molecule has 0 aliphatic carbocycles. The Balaban J connectivity index is 1.85. The van der Waals surface area contributed by atoms with Crippen LogP contribution < -0.4 is 11.4 Å². The Bertz CT molecular complexity index is 1920. The number of unbranched alkanes of at least 4 members (excludes halogenated alkanes) is 12. The number of nitrogens with zero attached hydrogens (tertiary/aromatic N) is 2. The lowest BCUT2D eigenvalue weighted by molar-refractivity contribution is -0.161. The molecule has 0 spiro atoms. The van der Waals surface area contributed by atoms with E-state index in [0.717, 1.165) is 61.6 Å². The lowest BCUT2D eigenvalue weighted by Gasteiger charge is -2.21. The molecular formula is C48H79N3O16P2. The molecule has 1 fully saturated rings. The standard InChI is InChI=1S/C48H79N3O16P2/c1-4-5-23-29-39(52)30-25-20-16-12-7-6-8-14-18-22-27-32-44(54)65-40(35-62-43(53)31-26-21-17-13-10-9-11-15-19-24-28-38(2)3)36-63-68(58,59)67-69(60,61)64-37-41-45(55)46(56)47(66-41)51-34-33-42(49)50-48(51)57/h6-7,14,16,18,20,25,30,33-34,38,40-41,45-47,55-56H,4-5,8-13,15,17,19,21-24,26-29,31-32,35-37H2,1-3H3,(H,58,59)(H,60,61)(H2,49,50,57)/b7-6-,18-14-,20-16-,30-25+/t40-,41-,45-,46-,47-/m1/s1. The molecule has 0 saturated carbocycles. The van der Waals surface area contributed by atoms with E-state index in [1.807, 2.05) is 36.5 Å². The number of esters is 2. The number of allylic oxidation sites excluding steroid dienone is 8. The third-order valence-electron chi connectivity index (χ3n) is 10.8. The van der Waals surface area contributed by atoms with Gasteiger partial charge in [-0.05, 0) is 56.6 Å². The predicted octanol–water partition coefficient (Wildman–Crippen LogP) is 8.81. The Labute approximate surface area is 407 Å².